The second kappa shape index (κ2) is 5.48. The van der Waals surface area contributed by atoms with Crippen LogP contribution in [0.2, 0.25) is 0 Å². The van der Waals surface area contributed by atoms with E-state index >= 15 is 0 Å². The minimum Gasteiger partial charge on any atom is -0.392 e. The Morgan fingerprint density at radius 3 is 2.44 bits per heavy atom. The first kappa shape index (κ1) is 14.3. The lowest BCUT2D eigenvalue weighted by atomic mass is 9.69. The minimum absolute atomic E-state index is 0.0897. The Morgan fingerprint density at radius 2 is 1.83 bits per heavy atom. The van der Waals surface area contributed by atoms with Gasteiger partial charge in [0.25, 0.3) is 0 Å². The third-order valence-electron chi connectivity index (χ3n) is 4.63. The molecule has 0 amide bonds. The molecule has 1 heterocycles. The van der Waals surface area contributed by atoms with Crippen LogP contribution in [-0.4, -0.2) is 48.0 Å². The maximum Gasteiger partial charge on any atom is 0.0678 e. The maximum atomic E-state index is 10.5. The van der Waals surface area contributed by atoms with Crippen molar-refractivity contribution in [2.24, 2.45) is 11.3 Å². The number of aliphatic hydroxyl groups is 1. The predicted octanol–water partition coefficient (Wildman–Crippen LogP) is 2.28. The molecule has 4 unspecified atom stereocenters. The number of nitrogens with zero attached hydrogens (tertiary/aromatic N) is 1. The highest BCUT2D eigenvalue weighted by atomic mass is 16.5. The molecule has 0 radical (unpaired) electrons. The van der Waals surface area contributed by atoms with Crippen molar-refractivity contribution >= 4 is 0 Å². The molecule has 0 aromatic heterocycles. The molecule has 18 heavy (non-hydrogen) atoms. The van der Waals surface area contributed by atoms with E-state index in [1.54, 1.807) is 0 Å². The number of morpholine rings is 1. The molecule has 1 aliphatic heterocycles. The summed E-state index contributed by atoms with van der Waals surface area (Å²) >= 11 is 0. The van der Waals surface area contributed by atoms with Crippen LogP contribution < -0.4 is 0 Å². The summed E-state index contributed by atoms with van der Waals surface area (Å²) in [6.45, 7) is 11.7. The number of rotatable bonds is 2. The van der Waals surface area contributed by atoms with Crippen molar-refractivity contribution in [3.8, 4) is 0 Å². The molecule has 1 aliphatic carbocycles. The van der Waals surface area contributed by atoms with Crippen LogP contribution in [0.3, 0.4) is 0 Å². The fraction of sp³-hybridized carbons (Fsp3) is 1.00. The summed E-state index contributed by atoms with van der Waals surface area (Å²) in [6, 6.07) is 0. The van der Waals surface area contributed by atoms with Gasteiger partial charge < -0.3 is 9.84 Å². The highest BCUT2D eigenvalue weighted by Crippen LogP contribution is 2.39. The van der Waals surface area contributed by atoms with Gasteiger partial charge in [0.1, 0.15) is 0 Å². The SMILES string of the molecule is CC1CN(CC2CCCC(C)(C)C2O)CC(C)O1. The standard InChI is InChI=1S/C15H29NO2/c1-11-8-16(9-12(2)18-11)10-13-6-5-7-15(3,4)14(13)17/h11-14,17H,5-10H2,1-4H3. The predicted molar refractivity (Wildman–Crippen MR) is 73.6 cm³/mol. The van der Waals surface area contributed by atoms with Crippen LogP contribution >= 0.6 is 0 Å². The third kappa shape index (κ3) is 3.25. The number of hydrogen-bond acceptors (Lipinski definition) is 3. The molecule has 4 atom stereocenters. The second-order valence-corrected chi connectivity index (χ2v) is 7.06. The normalized spacial score (nSPS) is 41.8. The molecule has 1 saturated heterocycles. The van der Waals surface area contributed by atoms with Gasteiger partial charge in [-0.05, 0) is 38.0 Å². The minimum atomic E-state index is -0.153. The molecule has 2 rings (SSSR count). The largest absolute Gasteiger partial charge is 0.392 e. The average Bonchev–Trinajstić information content (AvgIpc) is 2.23. The van der Waals surface area contributed by atoms with Gasteiger partial charge in [-0.15, -0.1) is 0 Å². The molecule has 3 heteroatoms. The van der Waals surface area contributed by atoms with Gasteiger partial charge in [-0.2, -0.15) is 0 Å². The molecule has 3 nitrogen and oxygen atoms in total. The quantitative estimate of drug-likeness (QED) is 0.821. The van der Waals surface area contributed by atoms with Crippen molar-refractivity contribution in [1.29, 1.82) is 0 Å². The van der Waals surface area contributed by atoms with E-state index in [2.05, 4.69) is 32.6 Å². The van der Waals surface area contributed by atoms with Gasteiger partial charge >= 0.3 is 0 Å². The number of ether oxygens (including phenoxy) is 1. The van der Waals surface area contributed by atoms with Crippen LogP contribution in [0.4, 0.5) is 0 Å². The van der Waals surface area contributed by atoms with Gasteiger partial charge in [0.15, 0.2) is 0 Å². The number of aliphatic hydroxyl groups excluding tert-OH is 1. The summed E-state index contributed by atoms with van der Waals surface area (Å²) in [5, 5.41) is 10.5. The van der Waals surface area contributed by atoms with Crippen LogP contribution in [0.25, 0.3) is 0 Å². The summed E-state index contributed by atoms with van der Waals surface area (Å²) in [5.74, 6) is 0.436. The monoisotopic (exact) mass is 255 g/mol. The van der Waals surface area contributed by atoms with E-state index in [1.807, 2.05) is 0 Å². The third-order valence-corrected chi connectivity index (χ3v) is 4.63. The van der Waals surface area contributed by atoms with Gasteiger partial charge in [0, 0.05) is 19.6 Å². The summed E-state index contributed by atoms with van der Waals surface area (Å²) in [5.41, 5.74) is 0.0897. The summed E-state index contributed by atoms with van der Waals surface area (Å²) in [6.07, 6.45) is 4.07. The zero-order valence-electron chi connectivity index (χ0n) is 12.4. The molecule has 0 aromatic carbocycles. The van der Waals surface area contributed by atoms with Crippen molar-refractivity contribution < 1.29 is 9.84 Å². The zero-order valence-corrected chi connectivity index (χ0v) is 12.4. The molecule has 106 valence electrons. The molecule has 1 saturated carbocycles. The first-order chi connectivity index (χ1) is 8.38. The van der Waals surface area contributed by atoms with Crippen molar-refractivity contribution in [3.05, 3.63) is 0 Å². The Kier molecular flexibility index (Phi) is 4.35. The van der Waals surface area contributed by atoms with E-state index in [9.17, 15) is 5.11 Å². The van der Waals surface area contributed by atoms with E-state index in [0.29, 0.717) is 18.1 Å². The van der Waals surface area contributed by atoms with Crippen LogP contribution in [0.1, 0.15) is 47.0 Å². The van der Waals surface area contributed by atoms with E-state index in [-0.39, 0.29) is 11.5 Å². The highest BCUT2D eigenvalue weighted by Gasteiger charge is 2.38. The first-order valence-electron chi connectivity index (χ1n) is 7.44. The van der Waals surface area contributed by atoms with Gasteiger partial charge in [-0.25, -0.2) is 0 Å². The Morgan fingerprint density at radius 1 is 1.22 bits per heavy atom. The Hall–Kier alpha value is -0.120. The smallest absolute Gasteiger partial charge is 0.0678 e. The molecule has 2 aliphatic rings. The summed E-state index contributed by atoms with van der Waals surface area (Å²) < 4.78 is 5.77. The average molecular weight is 255 g/mol. The molecule has 2 fully saturated rings. The van der Waals surface area contributed by atoms with Crippen molar-refractivity contribution in [3.63, 3.8) is 0 Å². The van der Waals surface area contributed by atoms with Crippen molar-refractivity contribution in [2.45, 2.75) is 65.3 Å². The molecule has 0 aromatic rings. The van der Waals surface area contributed by atoms with E-state index < -0.39 is 0 Å². The van der Waals surface area contributed by atoms with Crippen molar-refractivity contribution in [2.75, 3.05) is 19.6 Å². The molecular weight excluding hydrogens is 226 g/mol. The highest BCUT2D eigenvalue weighted by molar-refractivity contribution is 4.90. The van der Waals surface area contributed by atoms with Crippen molar-refractivity contribution in [1.82, 2.24) is 4.90 Å². The summed E-state index contributed by atoms with van der Waals surface area (Å²) in [7, 11) is 0. The maximum absolute atomic E-state index is 10.5. The molecule has 0 spiro atoms. The summed E-state index contributed by atoms with van der Waals surface area (Å²) in [4.78, 5) is 2.48. The van der Waals surface area contributed by atoms with Crippen LogP contribution in [0, 0.1) is 11.3 Å². The molecule has 0 bridgehead atoms. The Bertz CT molecular complexity index is 270. The van der Waals surface area contributed by atoms with Gasteiger partial charge in [0.05, 0.1) is 18.3 Å². The van der Waals surface area contributed by atoms with Gasteiger partial charge in [-0.1, -0.05) is 20.3 Å². The fourth-order valence-electron chi connectivity index (χ4n) is 3.72. The van der Waals surface area contributed by atoms with Crippen LogP contribution in [0.15, 0.2) is 0 Å². The topological polar surface area (TPSA) is 32.7 Å². The lowest BCUT2D eigenvalue weighted by Crippen LogP contribution is -2.51. The zero-order chi connectivity index (χ0) is 13.3. The van der Waals surface area contributed by atoms with Gasteiger partial charge in [0.2, 0.25) is 0 Å². The van der Waals surface area contributed by atoms with Crippen LogP contribution in [-0.2, 0) is 4.74 Å². The first-order valence-corrected chi connectivity index (χ1v) is 7.44. The lowest BCUT2D eigenvalue weighted by Gasteiger charge is -2.44. The fourth-order valence-corrected chi connectivity index (χ4v) is 3.72. The second-order valence-electron chi connectivity index (χ2n) is 7.06. The van der Waals surface area contributed by atoms with E-state index in [1.165, 1.54) is 12.8 Å². The molecule has 1 N–H and O–H groups in total. The number of hydrogen-bond donors (Lipinski definition) is 1. The molecular formula is C15H29NO2. The Balaban J connectivity index is 1.92. The van der Waals surface area contributed by atoms with Gasteiger partial charge in [-0.3, -0.25) is 4.90 Å². The Labute approximate surface area is 112 Å². The van der Waals surface area contributed by atoms with Crippen LogP contribution in [0.5, 0.6) is 0 Å². The van der Waals surface area contributed by atoms with E-state index in [0.717, 1.165) is 26.1 Å². The lowest BCUT2D eigenvalue weighted by molar-refractivity contribution is -0.0909. The van der Waals surface area contributed by atoms with E-state index in [4.69, 9.17) is 4.74 Å².